The number of carbonyl (C=O) groups excluding carboxylic acids is 1. The topological polar surface area (TPSA) is 46.5 Å². The lowest BCUT2D eigenvalue weighted by Gasteiger charge is -2.21. The molecule has 1 aromatic rings. The number of phenols is 1. The van der Waals surface area contributed by atoms with Gasteiger partial charge in [0.1, 0.15) is 13.6 Å². The zero-order chi connectivity index (χ0) is 12.4. The van der Waals surface area contributed by atoms with E-state index in [9.17, 15) is 9.90 Å². The highest BCUT2D eigenvalue weighted by atomic mass is 16.5. The molecule has 4 heteroatoms. The number of esters is 1. The number of aromatic hydroxyl groups is 1. The molecule has 0 amide bonds. The second kappa shape index (κ2) is 4.82. The molecule has 1 aromatic carbocycles. The van der Waals surface area contributed by atoms with E-state index in [4.69, 9.17) is 12.6 Å². The first-order chi connectivity index (χ1) is 8.15. The summed E-state index contributed by atoms with van der Waals surface area (Å²) < 4.78 is 4.92. The maximum absolute atomic E-state index is 11.7. The van der Waals surface area contributed by atoms with E-state index in [1.165, 1.54) is 6.07 Å². The fourth-order valence-corrected chi connectivity index (χ4v) is 2.33. The normalized spacial score (nSPS) is 14.2. The van der Waals surface area contributed by atoms with Crippen LogP contribution < -0.4 is 5.46 Å². The smallest absolute Gasteiger partial charge is 0.337 e. The number of hydrogen-bond donors (Lipinski definition) is 1. The predicted octanol–water partition coefficient (Wildman–Crippen LogP) is 1.24. The van der Waals surface area contributed by atoms with E-state index in [2.05, 4.69) is 0 Å². The van der Waals surface area contributed by atoms with Gasteiger partial charge in [0.2, 0.25) is 0 Å². The van der Waals surface area contributed by atoms with Crippen LogP contribution in [-0.4, -0.2) is 25.5 Å². The maximum Gasteiger partial charge on any atom is 0.337 e. The second-order valence-electron chi connectivity index (χ2n) is 4.24. The molecule has 0 bridgehead atoms. The molecule has 2 radical (unpaired) electrons. The maximum atomic E-state index is 11.7. The van der Waals surface area contributed by atoms with Crippen molar-refractivity contribution in [3.8, 4) is 5.75 Å². The molecule has 17 heavy (non-hydrogen) atoms. The number of fused-ring (bicyclic) bond motifs is 1. The minimum Gasteiger partial charge on any atom is -0.508 e. The molecular formula is C13H15BO3. The zero-order valence-corrected chi connectivity index (χ0v) is 9.95. The fraction of sp³-hybridized carbons (Fsp3) is 0.462. The lowest BCUT2D eigenvalue weighted by atomic mass is 9.77. The van der Waals surface area contributed by atoms with Crippen molar-refractivity contribution < 1.29 is 14.6 Å². The molecule has 2 rings (SSSR count). The van der Waals surface area contributed by atoms with Crippen molar-refractivity contribution in [2.24, 2.45) is 0 Å². The predicted molar refractivity (Wildman–Crippen MR) is 66.1 cm³/mol. The lowest BCUT2D eigenvalue weighted by molar-refractivity contribution is 0.0527. The van der Waals surface area contributed by atoms with E-state index >= 15 is 0 Å². The zero-order valence-electron chi connectivity index (χ0n) is 9.95. The minimum atomic E-state index is -0.464. The van der Waals surface area contributed by atoms with Gasteiger partial charge in [0.05, 0.1) is 12.2 Å². The lowest BCUT2D eigenvalue weighted by Crippen LogP contribution is -2.25. The number of hydrogen-bond acceptors (Lipinski definition) is 3. The van der Waals surface area contributed by atoms with Gasteiger partial charge in [-0.15, -0.1) is 0 Å². The van der Waals surface area contributed by atoms with Crippen LogP contribution in [-0.2, 0) is 17.6 Å². The molecule has 0 saturated carbocycles. The van der Waals surface area contributed by atoms with Crippen LogP contribution in [0.15, 0.2) is 6.07 Å². The monoisotopic (exact) mass is 230 g/mol. The molecule has 3 nitrogen and oxygen atoms in total. The first-order valence-corrected chi connectivity index (χ1v) is 5.95. The van der Waals surface area contributed by atoms with Crippen LogP contribution in [0.5, 0.6) is 5.75 Å². The number of rotatable bonds is 2. The van der Waals surface area contributed by atoms with E-state index in [1.54, 1.807) is 6.92 Å². The van der Waals surface area contributed by atoms with E-state index in [0.717, 1.165) is 36.8 Å². The number of carbonyl (C=O) groups is 1. The van der Waals surface area contributed by atoms with Crippen molar-refractivity contribution in [3.63, 3.8) is 0 Å². The van der Waals surface area contributed by atoms with Crippen LogP contribution in [0.2, 0.25) is 0 Å². The Morgan fingerprint density at radius 2 is 2.06 bits per heavy atom. The van der Waals surface area contributed by atoms with Gasteiger partial charge in [-0.3, -0.25) is 0 Å². The Hall–Kier alpha value is -1.45. The number of phenolic OH excluding ortho intramolecular Hbond substituents is 1. The first-order valence-electron chi connectivity index (χ1n) is 5.95. The Kier molecular flexibility index (Phi) is 3.41. The summed E-state index contributed by atoms with van der Waals surface area (Å²) in [5.74, 6) is -0.300. The van der Waals surface area contributed by atoms with Crippen LogP contribution in [0.1, 0.15) is 41.3 Å². The second-order valence-corrected chi connectivity index (χ2v) is 4.24. The Bertz CT molecular complexity index is 454. The molecule has 0 atom stereocenters. The van der Waals surface area contributed by atoms with Gasteiger partial charge in [-0.2, -0.15) is 0 Å². The molecule has 0 fully saturated rings. The summed E-state index contributed by atoms with van der Waals surface area (Å²) in [6.07, 6.45) is 3.75. The van der Waals surface area contributed by atoms with Crippen molar-refractivity contribution in [2.75, 3.05) is 6.61 Å². The summed E-state index contributed by atoms with van der Waals surface area (Å²) in [4.78, 5) is 11.7. The minimum absolute atomic E-state index is 0.164. The molecule has 0 aliphatic heterocycles. The Morgan fingerprint density at radius 3 is 2.71 bits per heavy atom. The molecule has 1 N–H and O–H groups in total. The highest BCUT2D eigenvalue weighted by Crippen LogP contribution is 2.28. The van der Waals surface area contributed by atoms with Gasteiger partial charge in [0, 0.05) is 0 Å². The quantitative estimate of drug-likeness (QED) is 0.614. The van der Waals surface area contributed by atoms with Gasteiger partial charge in [0.25, 0.3) is 0 Å². The number of benzene rings is 1. The highest BCUT2D eigenvalue weighted by Gasteiger charge is 2.21. The summed E-state index contributed by atoms with van der Waals surface area (Å²) in [7, 11) is 5.99. The standard InChI is InChI=1S/C13H15BO3/c1-2-17-13(16)10-7-11(15)8-5-3-4-6-9(8)12(10)14/h7,15H,2-6H2,1H3. The third kappa shape index (κ3) is 2.16. The van der Waals surface area contributed by atoms with Crippen molar-refractivity contribution in [2.45, 2.75) is 32.6 Å². The van der Waals surface area contributed by atoms with Crippen LogP contribution in [0.25, 0.3) is 0 Å². The molecule has 0 heterocycles. The first kappa shape index (κ1) is 12.0. The Morgan fingerprint density at radius 1 is 1.41 bits per heavy atom. The summed E-state index contributed by atoms with van der Waals surface area (Å²) in [6, 6.07) is 1.43. The molecule has 0 saturated heterocycles. The summed E-state index contributed by atoms with van der Waals surface area (Å²) in [5, 5.41) is 9.92. The van der Waals surface area contributed by atoms with E-state index in [-0.39, 0.29) is 11.3 Å². The molecule has 1 aliphatic carbocycles. The highest BCUT2D eigenvalue weighted by molar-refractivity contribution is 6.37. The van der Waals surface area contributed by atoms with Gasteiger partial charge >= 0.3 is 5.97 Å². The van der Waals surface area contributed by atoms with E-state index < -0.39 is 5.97 Å². The molecular weight excluding hydrogens is 215 g/mol. The number of ether oxygens (including phenoxy) is 1. The summed E-state index contributed by atoms with van der Waals surface area (Å²) in [5.41, 5.74) is 2.56. The van der Waals surface area contributed by atoms with Gasteiger partial charge < -0.3 is 9.84 Å². The fourth-order valence-electron chi connectivity index (χ4n) is 2.33. The largest absolute Gasteiger partial charge is 0.508 e. The third-order valence-electron chi connectivity index (χ3n) is 3.17. The Balaban J connectivity index is 2.48. The van der Waals surface area contributed by atoms with Gasteiger partial charge in [-0.25, -0.2) is 4.79 Å². The molecule has 88 valence electrons. The van der Waals surface area contributed by atoms with E-state index in [0.29, 0.717) is 12.1 Å². The van der Waals surface area contributed by atoms with Crippen LogP contribution >= 0.6 is 0 Å². The van der Waals surface area contributed by atoms with Crippen LogP contribution in [0.3, 0.4) is 0 Å². The average Bonchev–Trinajstić information content (AvgIpc) is 2.34. The summed E-state index contributed by atoms with van der Waals surface area (Å²) in [6.45, 7) is 2.04. The Labute approximate surface area is 102 Å². The molecule has 0 aromatic heterocycles. The summed E-state index contributed by atoms with van der Waals surface area (Å²) >= 11 is 0. The molecule has 1 aliphatic rings. The van der Waals surface area contributed by atoms with Crippen molar-refractivity contribution >= 4 is 19.3 Å². The average molecular weight is 230 g/mol. The SMILES string of the molecule is [B]c1c(C(=O)OCC)cc(O)c2c1CCCC2. The molecule has 0 spiro atoms. The van der Waals surface area contributed by atoms with Crippen molar-refractivity contribution in [3.05, 3.63) is 22.8 Å². The van der Waals surface area contributed by atoms with Crippen LogP contribution in [0.4, 0.5) is 0 Å². The van der Waals surface area contributed by atoms with Crippen LogP contribution in [0, 0.1) is 0 Å². The van der Waals surface area contributed by atoms with E-state index in [1.807, 2.05) is 0 Å². The third-order valence-corrected chi connectivity index (χ3v) is 3.17. The van der Waals surface area contributed by atoms with Crippen molar-refractivity contribution in [1.82, 2.24) is 0 Å². The molecule has 0 unspecified atom stereocenters. The van der Waals surface area contributed by atoms with Gasteiger partial charge in [-0.1, -0.05) is 5.46 Å². The van der Waals surface area contributed by atoms with Gasteiger partial charge in [-0.05, 0) is 49.8 Å². The van der Waals surface area contributed by atoms with Gasteiger partial charge in [0.15, 0.2) is 0 Å². The van der Waals surface area contributed by atoms with Crippen molar-refractivity contribution in [1.29, 1.82) is 0 Å².